The Bertz CT molecular complexity index is 746. The molecule has 0 spiro atoms. The molecule has 0 radical (unpaired) electrons. The Balaban J connectivity index is 2.06. The van der Waals surface area contributed by atoms with Crippen LogP contribution < -0.4 is 10.6 Å². The molecule has 1 atom stereocenters. The Morgan fingerprint density at radius 2 is 2.04 bits per heavy atom. The fraction of sp³-hybridized carbons (Fsp3) is 0.556. The van der Waals surface area contributed by atoms with E-state index in [1.165, 1.54) is 0 Å². The number of furan rings is 1. The summed E-state index contributed by atoms with van der Waals surface area (Å²) >= 11 is 1.66. The van der Waals surface area contributed by atoms with Gasteiger partial charge in [-0.1, -0.05) is 0 Å². The molecule has 138 valence electrons. The molecule has 0 saturated heterocycles. The third-order valence-corrected chi connectivity index (χ3v) is 5.00. The van der Waals surface area contributed by atoms with Gasteiger partial charge in [0.25, 0.3) is 0 Å². The van der Waals surface area contributed by atoms with Crippen LogP contribution in [0.25, 0.3) is 0 Å². The number of aromatic nitrogens is 1. The SMILES string of the molecule is CCNC(=NCc1sc(C)nc1C)NCC(C)(O)c1cc(C)oc1C. The molecule has 3 N–H and O–H groups in total. The van der Waals surface area contributed by atoms with Gasteiger partial charge in [-0.05, 0) is 47.6 Å². The minimum atomic E-state index is -1.05. The molecule has 0 saturated carbocycles. The molecule has 2 heterocycles. The number of aliphatic hydroxyl groups is 1. The van der Waals surface area contributed by atoms with Gasteiger partial charge < -0.3 is 20.2 Å². The predicted octanol–water partition coefficient (Wildman–Crippen LogP) is 2.93. The van der Waals surface area contributed by atoms with E-state index in [0.29, 0.717) is 19.0 Å². The van der Waals surface area contributed by atoms with Crippen molar-refractivity contribution in [1.29, 1.82) is 0 Å². The number of aryl methyl sites for hydroxylation is 4. The van der Waals surface area contributed by atoms with E-state index >= 15 is 0 Å². The Morgan fingerprint density at radius 3 is 2.56 bits per heavy atom. The van der Waals surface area contributed by atoms with Crippen molar-refractivity contribution in [1.82, 2.24) is 15.6 Å². The molecule has 6 nitrogen and oxygen atoms in total. The number of aliphatic imine (C=N–C) groups is 1. The number of guanidine groups is 1. The molecule has 0 fully saturated rings. The molecule has 25 heavy (non-hydrogen) atoms. The first-order valence-corrected chi connectivity index (χ1v) is 9.29. The Morgan fingerprint density at radius 1 is 1.32 bits per heavy atom. The summed E-state index contributed by atoms with van der Waals surface area (Å²) in [6.07, 6.45) is 0. The Hall–Kier alpha value is -1.86. The number of nitrogens with zero attached hydrogens (tertiary/aromatic N) is 2. The normalized spacial score (nSPS) is 14.4. The molecule has 7 heteroatoms. The Labute approximate surface area is 153 Å². The van der Waals surface area contributed by atoms with Gasteiger partial charge in [-0.15, -0.1) is 11.3 Å². The lowest BCUT2D eigenvalue weighted by Crippen LogP contribution is -2.44. The van der Waals surface area contributed by atoms with Gasteiger partial charge in [0.2, 0.25) is 0 Å². The van der Waals surface area contributed by atoms with Crippen molar-refractivity contribution in [2.24, 2.45) is 4.99 Å². The summed E-state index contributed by atoms with van der Waals surface area (Å²) in [6, 6.07) is 1.88. The average Bonchev–Trinajstić information content (AvgIpc) is 3.03. The van der Waals surface area contributed by atoms with Crippen LogP contribution in [0.5, 0.6) is 0 Å². The molecular formula is C18H28N4O2S. The highest BCUT2D eigenvalue weighted by Crippen LogP contribution is 2.26. The zero-order chi connectivity index (χ0) is 18.6. The summed E-state index contributed by atoms with van der Waals surface area (Å²) in [5.41, 5.74) is 0.774. The highest BCUT2D eigenvalue weighted by atomic mass is 32.1. The second kappa shape index (κ2) is 8.01. The maximum absolute atomic E-state index is 10.8. The minimum absolute atomic E-state index is 0.333. The number of hydrogen-bond acceptors (Lipinski definition) is 5. The van der Waals surface area contributed by atoms with Crippen molar-refractivity contribution in [3.8, 4) is 0 Å². The van der Waals surface area contributed by atoms with Crippen molar-refractivity contribution in [2.75, 3.05) is 13.1 Å². The molecule has 0 amide bonds. The van der Waals surface area contributed by atoms with Crippen LogP contribution in [0.4, 0.5) is 0 Å². The molecule has 0 aliphatic carbocycles. The van der Waals surface area contributed by atoms with Crippen LogP contribution in [0.15, 0.2) is 15.5 Å². The summed E-state index contributed by atoms with van der Waals surface area (Å²) < 4.78 is 5.54. The molecular weight excluding hydrogens is 336 g/mol. The zero-order valence-electron chi connectivity index (χ0n) is 15.9. The lowest BCUT2D eigenvalue weighted by molar-refractivity contribution is 0.0601. The molecule has 0 bridgehead atoms. The summed E-state index contributed by atoms with van der Waals surface area (Å²) in [4.78, 5) is 10.2. The van der Waals surface area contributed by atoms with Gasteiger partial charge in [0, 0.05) is 17.0 Å². The van der Waals surface area contributed by atoms with Crippen LogP contribution in [0.2, 0.25) is 0 Å². The summed E-state index contributed by atoms with van der Waals surface area (Å²) in [5.74, 6) is 2.21. The van der Waals surface area contributed by atoms with Gasteiger partial charge in [-0.25, -0.2) is 9.98 Å². The highest BCUT2D eigenvalue weighted by molar-refractivity contribution is 7.11. The van der Waals surface area contributed by atoms with Crippen LogP contribution in [0.3, 0.4) is 0 Å². The summed E-state index contributed by atoms with van der Waals surface area (Å²) in [5, 5.41) is 18.3. The second-order valence-electron chi connectivity index (χ2n) is 6.39. The van der Waals surface area contributed by atoms with E-state index in [2.05, 4.69) is 20.6 Å². The van der Waals surface area contributed by atoms with Crippen molar-refractivity contribution < 1.29 is 9.52 Å². The predicted molar refractivity (Wildman–Crippen MR) is 102 cm³/mol. The molecule has 0 aliphatic rings. The quantitative estimate of drug-likeness (QED) is 0.542. The number of rotatable bonds is 6. The van der Waals surface area contributed by atoms with Gasteiger partial charge >= 0.3 is 0 Å². The first-order chi connectivity index (χ1) is 11.7. The van der Waals surface area contributed by atoms with Crippen molar-refractivity contribution in [3.63, 3.8) is 0 Å². The van der Waals surface area contributed by atoms with Crippen molar-refractivity contribution in [3.05, 3.63) is 38.7 Å². The second-order valence-corrected chi connectivity index (χ2v) is 7.68. The third-order valence-electron chi connectivity index (χ3n) is 3.95. The summed E-state index contributed by atoms with van der Waals surface area (Å²) in [7, 11) is 0. The molecule has 2 aromatic rings. The minimum Gasteiger partial charge on any atom is -0.466 e. The first-order valence-electron chi connectivity index (χ1n) is 8.48. The van der Waals surface area contributed by atoms with Crippen LogP contribution in [-0.2, 0) is 12.1 Å². The van der Waals surface area contributed by atoms with Crippen LogP contribution >= 0.6 is 11.3 Å². The van der Waals surface area contributed by atoms with Gasteiger partial charge in [-0.3, -0.25) is 0 Å². The third kappa shape index (κ3) is 5.06. The zero-order valence-corrected chi connectivity index (χ0v) is 16.7. The topological polar surface area (TPSA) is 82.7 Å². The summed E-state index contributed by atoms with van der Waals surface area (Å²) in [6.45, 7) is 13.2. The molecule has 0 aliphatic heterocycles. The van der Waals surface area contributed by atoms with Gasteiger partial charge in [0.05, 0.1) is 23.8 Å². The number of hydrogen-bond donors (Lipinski definition) is 3. The average molecular weight is 365 g/mol. The van der Waals surface area contributed by atoms with Gasteiger partial charge in [-0.2, -0.15) is 0 Å². The van der Waals surface area contributed by atoms with Crippen molar-refractivity contribution >= 4 is 17.3 Å². The maximum Gasteiger partial charge on any atom is 0.191 e. The number of nitrogens with one attached hydrogen (secondary N) is 2. The van der Waals surface area contributed by atoms with Crippen LogP contribution in [0, 0.1) is 27.7 Å². The van der Waals surface area contributed by atoms with E-state index in [9.17, 15) is 5.11 Å². The van der Waals surface area contributed by atoms with Crippen LogP contribution in [0.1, 0.15) is 46.5 Å². The van der Waals surface area contributed by atoms with Crippen molar-refractivity contribution in [2.45, 2.75) is 53.7 Å². The fourth-order valence-electron chi connectivity index (χ4n) is 2.73. The van der Waals surface area contributed by atoms with E-state index in [4.69, 9.17) is 4.42 Å². The van der Waals surface area contributed by atoms with E-state index < -0.39 is 5.60 Å². The van der Waals surface area contributed by atoms with Crippen LogP contribution in [-0.4, -0.2) is 29.1 Å². The molecule has 0 aromatic carbocycles. The standard InChI is InChI=1S/C18H28N4O2S/c1-7-19-17(20-9-16-12(3)22-14(5)25-16)21-10-18(6,23)15-8-11(2)24-13(15)4/h8,23H,7,9-10H2,1-6H3,(H2,19,20,21). The first kappa shape index (κ1) is 19.5. The molecule has 2 rings (SSSR count). The van der Waals surface area contributed by atoms with E-state index in [0.717, 1.165) is 39.2 Å². The smallest absolute Gasteiger partial charge is 0.191 e. The molecule has 1 unspecified atom stereocenters. The monoisotopic (exact) mass is 364 g/mol. The highest BCUT2D eigenvalue weighted by Gasteiger charge is 2.27. The lowest BCUT2D eigenvalue weighted by Gasteiger charge is -2.24. The van der Waals surface area contributed by atoms with E-state index in [-0.39, 0.29) is 0 Å². The Kier molecular flexibility index (Phi) is 6.24. The van der Waals surface area contributed by atoms with Gasteiger partial charge in [0.1, 0.15) is 17.1 Å². The maximum atomic E-state index is 10.8. The largest absolute Gasteiger partial charge is 0.466 e. The van der Waals surface area contributed by atoms with Gasteiger partial charge in [0.15, 0.2) is 5.96 Å². The lowest BCUT2D eigenvalue weighted by atomic mass is 9.96. The number of thiazole rings is 1. The van der Waals surface area contributed by atoms with E-state index in [1.807, 2.05) is 40.7 Å². The fourth-order valence-corrected chi connectivity index (χ4v) is 3.59. The van der Waals surface area contributed by atoms with E-state index in [1.54, 1.807) is 18.3 Å². The molecule has 2 aromatic heterocycles.